The largest absolute Gasteiger partial charge is 0.494 e. The summed E-state index contributed by atoms with van der Waals surface area (Å²) in [7, 11) is 0. The Bertz CT molecular complexity index is 1240. The van der Waals surface area contributed by atoms with Crippen molar-refractivity contribution in [3.8, 4) is 17.1 Å². The number of carbonyl (C=O) groups is 1. The summed E-state index contributed by atoms with van der Waals surface area (Å²) in [4.78, 5) is 12.3. The summed E-state index contributed by atoms with van der Waals surface area (Å²) in [5.41, 5.74) is 3.71. The topological polar surface area (TPSA) is 77.0 Å². The molecule has 30 heavy (non-hydrogen) atoms. The summed E-state index contributed by atoms with van der Waals surface area (Å²) in [6.07, 6.45) is 1.39. The first-order chi connectivity index (χ1) is 14.5. The quantitative estimate of drug-likeness (QED) is 0.286. The van der Waals surface area contributed by atoms with Crippen molar-refractivity contribution in [1.29, 1.82) is 0 Å². The van der Waals surface area contributed by atoms with Gasteiger partial charge in [-0.3, -0.25) is 4.79 Å². The van der Waals surface area contributed by atoms with E-state index in [9.17, 15) is 4.79 Å². The highest BCUT2D eigenvalue weighted by Gasteiger charge is 2.13. The molecule has 0 saturated heterocycles. The minimum Gasteiger partial charge on any atom is -0.494 e. The Hall–Kier alpha value is -3.22. The molecule has 0 saturated carbocycles. The molecule has 0 aliphatic heterocycles. The van der Waals surface area contributed by atoms with Crippen molar-refractivity contribution >= 4 is 46.3 Å². The zero-order valence-electron chi connectivity index (χ0n) is 15.8. The van der Waals surface area contributed by atoms with E-state index in [1.807, 2.05) is 13.0 Å². The molecule has 0 radical (unpaired) electrons. The van der Waals surface area contributed by atoms with Crippen LogP contribution < -0.4 is 10.2 Å². The van der Waals surface area contributed by atoms with Crippen molar-refractivity contribution in [2.24, 2.45) is 5.10 Å². The molecule has 0 aliphatic carbocycles. The van der Waals surface area contributed by atoms with Crippen LogP contribution in [0.2, 0.25) is 10.0 Å². The molecule has 6 nitrogen and oxygen atoms in total. The molecule has 0 bridgehead atoms. The molecule has 1 amide bonds. The maximum absolute atomic E-state index is 12.3. The highest BCUT2D eigenvalue weighted by Crippen LogP contribution is 2.31. The lowest BCUT2D eigenvalue weighted by Gasteiger charge is -2.00. The van der Waals surface area contributed by atoms with Crippen LogP contribution in [0.3, 0.4) is 0 Å². The number of nitrogens with zero attached hydrogens (tertiary/aromatic N) is 1. The molecule has 0 atom stereocenters. The molecular weight excluding hydrogens is 427 g/mol. The Balaban J connectivity index is 1.44. The second-order valence-corrected chi connectivity index (χ2v) is 7.11. The third kappa shape index (κ3) is 4.35. The van der Waals surface area contributed by atoms with Crippen LogP contribution in [0.15, 0.2) is 68.5 Å². The van der Waals surface area contributed by atoms with Crippen LogP contribution in [0.25, 0.3) is 22.3 Å². The van der Waals surface area contributed by atoms with Crippen LogP contribution in [-0.2, 0) is 0 Å². The number of hydrazone groups is 1. The number of halogens is 2. The Morgan fingerprint density at radius 1 is 1.10 bits per heavy atom. The predicted molar refractivity (Wildman–Crippen MR) is 117 cm³/mol. The maximum Gasteiger partial charge on any atom is 0.307 e. The van der Waals surface area contributed by atoms with Gasteiger partial charge in [0.2, 0.25) is 0 Å². The van der Waals surface area contributed by atoms with Gasteiger partial charge in [0.1, 0.15) is 22.9 Å². The number of ether oxygens (including phenoxy) is 1. The lowest BCUT2D eigenvalue weighted by Crippen LogP contribution is -2.16. The molecule has 8 heteroatoms. The smallest absolute Gasteiger partial charge is 0.307 e. The minimum atomic E-state index is -0.479. The normalized spacial score (nSPS) is 11.3. The summed E-state index contributed by atoms with van der Waals surface area (Å²) in [6.45, 7) is 2.46. The molecule has 2 aromatic carbocycles. The average Bonchev–Trinajstić information content (AvgIpc) is 3.35. The van der Waals surface area contributed by atoms with Crippen molar-refractivity contribution < 1.29 is 18.4 Å². The van der Waals surface area contributed by atoms with Gasteiger partial charge in [0.05, 0.1) is 17.8 Å². The number of furan rings is 2. The van der Waals surface area contributed by atoms with Gasteiger partial charge in [0.25, 0.3) is 0 Å². The molecular formula is C22H16Cl2N2O4. The van der Waals surface area contributed by atoms with Crippen LogP contribution in [0, 0.1) is 0 Å². The van der Waals surface area contributed by atoms with E-state index >= 15 is 0 Å². The van der Waals surface area contributed by atoms with E-state index in [0.717, 1.165) is 5.39 Å². The molecule has 0 unspecified atom stereocenters. The molecule has 1 N–H and O–H groups in total. The van der Waals surface area contributed by atoms with Gasteiger partial charge >= 0.3 is 5.91 Å². The fourth-order valence-corrected chi connectivity index (χ4v) is 3.36. The summed E-state index contributed by atoms with van der Waals surface area (Å²) >= 11 is 12.1. The first kappa shape index (κ1) is 20.1. The van der Waals surface area contributed by atoms with Gasteiger partial charge in [-0.05, 0) is 61.5 Å². The predicted octanol–water partition coefficient (Wildman–Crippen LogP) is 6.16. The zero-order valence-corrected chi connectivity index (χ0v) is 17.3. The number of benzene rings is 2. The molecule has 4 aromatic rings. The number of carbonyl (C=O) groups excluding carboxylic acids is 1. The van der Waals surface area contributed by atoms with Crippen molar-refractivity contribution in [1.82, 2.24) is 5.43 Å². The molecule has 152 valence electrons. The van der Waals surface area contributed by atoms with Crippen molar-refractivity contribution in [2.45, 2.75) is 6.92 Å². The fourth-order valence-electron chi connectivity index (χ4n) is 2.86. The van der Waals surface area contributed by atoms with E-state index in [-0.39, 0.29) is 5.76 Å². The van der Waals surface area contributed by atoms with E-state index in [4.69, 9.17) is 36.8 Å². The van der Waals surface area contributed by atoms with Crippen LogP contribution in [0.1, 0.15) is 23.2 Å². The fraction of sp³-hybridized carbons (Fsp3) is 0.0909. The van der Waals surface area contributed by atoms with Crippen LogP contribution in [0.4, 0.5) is 0 Å². The minimum absolute atomic E-state index is 0.142. The highest BCUT2D eigenvalue weighted by molar-refractivity contribution is 6.36. The molecule has 0 aliphatic rings. The average molecular weight is 443 g/mol. The summed E-state index contributed by atoms with van der Waals surface area (Å²) < 4.78 is 16.7. The van der Waals surface area contributed by atoms with Gasteiger partial charge < -0.3 is 13.6 Å². The van der Waals surface area contributed by atoms with Crippen molar-refractivity contribution in [2.75, 3.05) is 6.61 Å². The Kier molecular flexibility index (Phi) is 5.79. The number of fused-ring (bicyclic) bond motifs is 1. The first-order valence-corrected chi connectivity index (χ1v) is 9.84. The van der Waals surface area contributed by atoms with Gasteiger partial charge in [-0.2, -0.15) is 5.10 Å². The Morgan fingerprint density at radius 2 is 1.97 bits per heavy atom. The summed E-state index contributed by atoms with van der Waals surface area (Å²) in [5.74, 6) is 1.39. The van der Waals surface area contributed by atoms with E-state index in [0.29, 0.717) is 45.1 Å². The molecule has 2 aromatic heterocycles. The van der Waals surface area contributed by atoms with Gasteiger partial charge in [0.15, 0.2) is 5.76 Å². The maximum atomic E-state index is 12.3. The number of nitrogens with one attached hydrogen (secondary N) is 1. The van der Waals surface area contributed by atoms with Gasteiger partial charge in [0, 0.05) is 16.0 Å². The third-order valence-corrected chi connectivity index (χ3v) is 4.75. The first-order valence-electron chi connectivity index (χ1n) is 9.08. The SMILES string of the molecule is CCOc1ccc2oc(C(=O)N/N=C\c3ccc(-c4ccc(Cl)cc4Cl)o3)cc2c1. The zero-order chi connectivity index (χ0) is 21.1. The standard InChI is InChI=1S/C22H16Cl2N2O4/c1-2-28-15-4-7-19-13(9-15)10-21(30-19)22(27)26-25-12-16-5-8-20(29-16)17-6-3-14(23)11-18(17)24/h3-12H,2H2,1H3,(H,26,27)/b25-12-. The highest BCUT2D eigenvalue weighted by atomic mass is 35.5. The lowest BCUT2D eigenvalue weighted by atomic mass is 10.2. The van der Waals surface area contributed by atoms with Crippen LogP contribution >= 0.6 is 23.2 Å². The van der Waals surface area contributed by atoms with Gasteiger partial charge in [-0.25, -0.2) is 5.43 Å². The number of hydrogen-bond donors (Lipinski definition) is 1. The van der Waals surface area contributed by atoms with E-state index in [1.165, 1.54) is 6.21 Å². The van der Waals surface area contributed by atoms with E-state index < -0.39 is 5.91 Å². The summed E-state index contributed by atoms with van der Waals surface area (Å²) in [6, 6.07) is 15.6. The van der Waals surface area contributed by atoms with Crippen molar-refractivity contribution in [3.05, 3.63) is 76.2 Å². The Labute approximate surface area is 182 Å². The molecule has 0 fully saturated rings. The van der Waals surface area contributed by atoms with Crippen LogP contribution in [0.5, 0.6) is 5.75 Å². The third-order valence-electron chi connectivity index (χ3n) is 4.20. The number of hydrogen-bond acceptors (Lipinski definition) is 5. The Morgan fingerprint density at radius 3 is 2.77 bits per heavy atom. The molecule has 4 rings (SSSR count). The summed E-state index contributed by atoms with van der Waals surface area (Å²) in [5, 5.41) is 5.71. The lowest BCUT2D eigenvalue weighted by molar-refractivity contribution is 0.0929. The monoisotopic (exact) mass is 442 g/mol. The van der Waals surface area contributed by atoms with E-state index in [2.05, 4.69) is 10.5 Å². The molecule has 0 spiro atoms. The van der Waals surface area contributed by atoms with Crippen molar-refractivity contribution in [3.63, 3.8) is 0 Å². The number of rotatable bonds is 6. The second-order valence-electron chi connectivity index (χ2n) is 6.27. The van der Waals surface area contributed by atoms with Gasteiger partial charge in [-0.1, -0.05) is 23.2 Å². The number of amides is 1. The molecule has 2 heterocycles. The second kappa shape index (κ2) is 8.65. The van der Waals surface area contributed by atoms with E-state index in [1.54, 1.807) is 48.5 Å². The van der Waals surface area contributed by atoms with Crippen LogP contribution in [-0.4, -0.2) is 18.7 Å². The van der Waals surface area contributed by atoms with Gasteiger partial charge in [-0.15, -0.1) is 0 Å².